The van der Waals surface area contributed by atoms with Gasteiger partial charge in [-0.05, 0) is 51.6 Å². The van der Waals surface area contributed by atoms with Crippen LogP contribution in [-0.2, 0) is 0 Å². The van der Waals surface area contributed by atoms with Gasteiger partial charge in [-0.2, -0.15) is 0 Å². The molecule has 3 N–H and O–H groups in total. The minimum absolute atomic E-state index is 0.0219. The second-order valence-electron chi connectivity index (χ2n) is 6.79. The van der Waals surface area contributed by atoms with Crippen LogP contribution in [0, 0.1) is 11.3 Å². The van der Waals surface area contributed by atoms with E-state index in [-0.39, 0.29) is 18.1 Å². The van der Waals surface area contributed by atoms with E-state index >= 15 is 0 Å². The van der Waals surface area contributed by atoms with Crippen LogP contribution in [0.15, 0.2) is 0 Å². The molecule has 2 rings (SSSR count). The third-order valence-electron chi connectivity index (χ3n) is 4.92. The molecular weight excluding hydrogens is 254 g/mol. The van der Waals surface area contributed by atoms with Crippen molar-refractivity contribution in [2.24, 2.45) is 11.3 Å². The molecule has 0 bridgehead atoms. The topological polar surface area (TPSA) is 64.6 Å². The van der Waals surface area contributed by atoms with Gasteiger partial charge in [-0.3, -0.25) is 4.90 Å². The van der Waals surface area contributed by atoms with Crippen LogP contribution in [-0.4, -0.2) is 54.9 Å². The van der Waals surface area contributed by atoms with Crippen LogP contribution < -0.4 is 10.6 Å². The Hall–Kier alpha value is -0.810. The van der Waals surface area contributed by atoms with E-state index in [1.807, 2.05) is 0 Å². The van der Waals surface area contributed by atoms with E-state index in [9.17, 15) is 9.90 Å². The summed E-state index contributed by atoms with van der Waals surface area (Å²) < 4.78 is 0. The number of nitrogens with one attached hydrogen (secondary N) is 2. The fourth-order valence-corrected chi connectivity index (χ4v) is 2.74. The first kappa shape index (κ1) is 15.6. The monoisotopic (exact) mass is 283 g/mol. The molecule has 1 unspecified atom stereocenters. The maximum absolute atomic E-state index is 11.8. The van der Waals surface area contributed by atoms with E-state index in [1.165, 1.54) is 12.8 Å². The predicted octanol–water partition coefficient (Wildman–Crippen LogP) is 1.18. The van der Waals surface area contributed by atoms with Gasteiger partial charge in [0.05, 0.1) is 6.61 Å². The molecule has 5 nitrogen and oxygen atoms in total. The van der Waals surface area contributed by atoms with Gasteiger partial charge >= 0.3 is 6.03 Å². The Morgan fingerprint density at radius 1 is 1.35 bits per heavy atom. The molecule has 0 aromatic rings. The molecule has 1 aliphatic heterocycles. The van der Waals surface area contributed by atoms with Crippen molar-refractivity contribution in [1.82, 2.24) is 15.5 Å². The third-order valence-corrected chi connectivity index (χ3v) is 4.92. The number of amides is 2. The van der Waals surface area contributed by atoms with E-state index in [0.29, 0.717) is 19.1 Å². The summed E-state index contributed by atoms with van der Waals surface area (Å²) >= 11 is 0. The van der Waals surface area contributed by atoms with Crippen LogP contribution in [0.3, 0.4) is 0 Å². The zero-order valence-corrected chi connectivity index (χ0v) is 12.8. The van der Waals surface area contributed by atoms with Gasteiger partial charge in [0.2, 0.25) is 0 Å². The van der Waals surface area contributed by atoms with Crippen molar-refractivity contribution in [2.75, 3.05) is 32.8 Å². The Kier molecular flexibility index (Phi) is 5.27. The Bertz CT molecular complexity index is 323. The summed E-state index contributed by atoms with van der Waals surface area (Å²) in [5.41, 5.74) is -0.0219. The lowest BCUT2D eigenvalue weighted by Crippen LogP contribution is -2.48. The molecule has 116 valence electrons. The molecule has 0 aromatic heterocycles. The second kappa shape index (κ2) is 6.76. The molecule has 0 spiro atoms. The number of rotatable bonds is 6. The summed E-state index contributed by atoms with van der Waals surface area (Å²) in [6.45, 7) is 8.21. The van der Waals surface area contributed by atoms with Gasteiger partial charge < -0.3 is 15.7 Å². The Balaban J connectivity index is 1.60. The maximum Gasteiger partial charge on any atom is 0.314 e. The number of likely N-dealkylation sites (tertiary alicyclic amines) is 1. The number of carbonyl (C=O) groups excluding carboxylic acids is 1. The quantitative estimate of drug-likeness (QED) is 0.686. The van der Waals surface area contributed by atoms with E-state index in [2.05, 4.69) is 29.4 Å². The molecule has 0 aromatic carbocycles. The first-order chi connectivity index (χ1) is 9.54. The normalized spacial score (nSPS) is 24.1. The standard InChI is InChI=1S/C15H29N3O2/c1-12-3-7-18(8-4-12)13(2)9-16-14(20)17-10-15(11-19)5-6-15/h12-13,19H,3-11H2,1-2H3,(H2,16,17,20). The molecule has 5 heteroatoms. The van der Waals surface area contributed by atoms with Gasteiger partial charge in [0, 0.05) is 24.5 Å². The lowest BCUT2D eigenvalue weighted by molar-refractivity contribution is 0.145. The zero-order chi connectivity index (χ0) is 14.6. The number of urea groups is 1. The predicted molar refractivity (Wildman–Crippen MR) is 79.6 cm³/mol. The smallest absolute Gasteiger partial charge is 0.314 e. The number of aliphatic hydroxyl groups is 1. The van der Waals surface area contributed by atoms with Crippen LogP contribution >= 0.6 is 0 Å². The molecule has 20 heavy (non-hydrogen) atoms. The van der Waals surface area contributed by atoms with Crippen molar-refractivity contribution in [3.05, 3.63) is 0 Å². The van der Waals surface area contributed by atoms with Crippen LogP contribution in [0.25, 0.3) is 0 Å². The highest BCUT2D eigenvalue weighted by Crippen LogP contribution is 2.44. The first-order valence-electron chi connectivity index (χ1n) is 7.91. The molecule has 1 aliphatic carbocycles. The molecule has 1 heterocycles. The first-order valence-corrected chi connectivity index (χ1v) is 7.91. The minimum atomic E-state index is -0.109. The van der Waals surface area contributed by atoms with Gasteiger partial charge in [-0.25, -0.2) is 4.79 Å². The molecular formula is C15H29N3O2. The highest BCUT2D eigenvalue weighted by atomic mass is 16.3. The molecule has 0 radical (unpaired) electrons. The van der Waals surface area contributed by atoms with Crippen molar-refractivity contribution < 1.29 is 9.90 Å². The van der Waals surface area contributed by atoms with Crippen molar-refractivity contribution in [3.63, 3.8) is 0 Å². The number of nitrogens with zero attached hydrogens (tertiary/aromatic N) is 1. The zero-order valence-electron chi connectivity index (χ0n) is 12.8. The number of hydrogen-bond donors (Lipinski definition) is 3. The van der Waals surface area contributed by atoms with E-state index in [4.69, 9.17) is 0 Å². The van der Waals surface area contributed by atoms with Crippen LogP contribution in [0.1, 0.15) is 39.5 Å². The van der Waals surface area contributed by atoms with Gasteiger partial charge in [-0.1, -0.05) is 6.92 Å². The average Bonchev–Trinajstić information content (AvgIpc) is 3.24. The summed E-state index contributed by atoms with van der Waals surface area (Å²) in [6.07, 6.45) is 4.56. The van der Waals surface area contributed by atoms with Crippen LogP contribution in [0.4, 0.5) is 4.79 Å². The number of piperidine rings is 1. The minimum Gasteiger partial charge on any atom is -0.396 e. The second-order valence-corrected chi connectivity index (χ2v) is 6.79. The summed E-state index contributed by atoms with van der Waals surface area (Å²) in [7, 11) is 0. The summed E-state index contributed by atoms with van der Waals surface area (Å²) in [5, 5.41) is 15.0. The van der Waals surface area contributed by atoms with Crippen molar-refractivity contribution in [1.29, 1.82) is 0 Å². The van der Waals surface area contributed by atoms with Crippen LogP contribution in [0.5, 0.6) is 0 Å². The molecule has 2 aliphatic rings. The molecule has 1 saturated heterocycles. The fraction of sp³-hybridized carbons (Fsp3) is 0.933. The maximum atomic E-state index is 11.8. The van der Waals surface area contributed by atoms with Gasteiger partial charge in [0.15, 0.2) is 0 Å². The van der Waals surface area contributed by atoms with Crippen molar-refractivity contribution >= 4 is 6.03 Å². The lowest BCUT2D eigenvalue weighted by Gasteiger charge is -2.35. The van der Waals surface area contributed by atoms with Gasteiger partial charge in [0.25, 0.3) is 0 Å². The number of aliphatic hydroxyl groups excluding tert-OH is 1. The number of hydrogen-bond acceptors (Lipinski definition) is 3. The van der Waals surface area contributed by atoms with Crippen molar-refractivity contribution in [2.45, 2.75) is 45.6 Å². The Morgan fingerprint density at radius 2 is 2.00 bits per heavy atom. The Morgan fingerprint density at radius 3 is 2.55 bits per heavy atom. The lowest BCUT2D eigenvalue weighted by atomic mass is 9.98. The SMILES string of the molecule is CC1CCN(C(C)CNC(=O)NCC2(CO)CC2)CC1. The summed E-state index contributed by atoms with van der Waals surface area (Å²) in [6, 6.07) is 0.280. The summed E-state index contributed by atoms with van der Waals surface area (Å²) in [4.78, 5) is 14.2. The molecule has 2 amide bonds. The Labute approximate surface area is 122 Å². The largest absolute Gasteiger partial charge is 0.396 e. The highest BCUT2D eigenvalue weighted by molar-refractivity contribution is 5.73. The van der Waals surface area contributed by atoms with Gasteiger partial charge in [-0.15, -0.1) is 0 Å². The van der Waals surface area contributed by atoms with Gasteiger partial charge in [0.1, 0.15) is 0 Å². The van der Waals surface area contributed by atoms with E-state index in [0.717, 1.165) is 31.8 Å². The molecule has 1 saturated carbocycles. The summed E-state index contributed by atoms with van der Waals surface area (Å²) in [5.74, 6) is 0.836. The van der Waals surface area contributed by atoms with Crippen LogP contribution in [0.2, 0.25) is 0 Å². The highest BCUT2D eigenvalue weighted by Gasteiger charge is 2.42. The van der Waals surface area contributed by atoms with E-state index < -0.39 is 0 Å². The van der Waals surface area contributed by atoms with E-state index in [1.54, 1.807) is 0 Å². The molecule has 2 fully saturated rings. The average molecular weight is 283 g/mol. The van der Waals surface area contributed by atoms with Crippen molar-refractivity contribution in [3.8, 4) is 0 Å². The number of carbonyl (C=O) groups is 1. The molecule has 1 atom stereocenters. The third kappa shape index (κ3) is 4.35. The fourth-order valence-electron chi connectivity index (χ4n) is 2.74.